The monoisotopic (exact) mass is 240 g/mol. The summed E-state index contributed by atoms with van der Waals surface area (Å²) in [6.45, 7) is 6.06. The molecule has 86 valence electrons. The van der Waals surface area contributed by atoms with Gasteiger partial charge in [0.15, 0.2) is 0 Å². The lowest BCUT2D eigenvalue weighted by Gasteiger charge is -2.04. The highest BCUT2D eigenvalue weighted by Crippen LogP contribution is 2.09. The van der Waals surface area contributed by atoms with Crippen LogP contribution in [0.15, 0.2) is 18.7 Å². The van der Waals surface area contributed by atoms with E-state index in [1.807, 2.05) is 0 Å². The van der Waals surface area contributed by atoms with E-state index in [-0.39, 0.29) is 18.4 Å². The Morgan fingerprint density at radius 2 is 2.38 bits per heavy atom. The predicted octanol–water partition coefficient (Wildman–Crippen LogP) is 1.15. The number of nitrogens with zero attached hydrogens (tertiary/aromatic N) is 2. The van der Waals surface area contributed by atoms with Gasteiger partial charge >= 0.3 is 0 Å². The minimum atomic E-state index is -0.219. The summed E-state index contributed by atoms with van der Waals surface area (Å²) in [6.07, 6.45) is 1.67. The first-order chi connectivity index (χ1) is 7.61. The Morgan fingerprint density at radius 1 is 1.62 bits per heavy atom. The molecule has 1 heterocycles. The fourth-order valence-corrected chi connectivity index (χ4v) is 1.28. The summed E-state index contributed by atoms with van der Waals surface area (Å²) in [5.41, 5.74) is 0.703. The number of anilines is 1. The first-order valence-electron chi connectivity index (χ1n) is 4.74. The standard InChI is InChI=1S/C10H13ClN4O/c1-3-4-12-6-9(16)15-10-13-7(2)5-8(11)14-10/h3,5,12H,1,4,6H2,2H3,(H,13,14,15,16). The maximum absolute atomic E-state index is 11.4. The van der Waals surface area contributed by atoms with Crippen molar-refractivity contribution < 1.29 is 4.79 Å². The van der Waals surface area contributed by atoms with Gasteiger partial charge in [0, 0.05) is 12.2 Å². The normalized spacial score (nSPS) is 9.88. The Hall–Kier alpha value is -1.46. The number of hydrogen-bond donors (Lipinski definition) is 2. The molecule has 6 heteroatoms. The van der Waals surface area contributed by atoms with Crippen LogP contribution in [0.4, 0.5) is 5.95 Å². The highest BCUT2D eigenvalue weighted by atomic mass is 35.5. The summed E-state index contributed by atoms with van der Waals surface area (Å²) < 4.78 is 0. The number of aromatic nitrogens is 2. The number of hydrogen-bond acceptors (Lipinski definition) is 4. The molecule has 5 nitrogen and oxygen atoms in total. The Balaban J connectivity index is 2.52. The van der Waals surface area contributed by atoms with Gasteiger partial charge in [-0.15, -0.1) is 6.58 Å². The van der Waals surface area contributed by atoms with Crippen molar-refractivity contribution in [3.63, 3.8) is 0 Å². The van der Waals surface area contributed by atoms with Gasteiger partial charge in [-0.2, -0.15) is 0 Å². The number of nitrogens with one attached hydrogen (secondary N) is 2. The Bertz CT molecular complexity index is 374. The van der Waals surface area contributed by atoms with Crippen molar-refractivity contribution in [2.75, 3.05) is 18.4 Å². The summed E-state index contributed by atoms with van der Waals surface area (Å²) >= 11 is 5.73. The predicted molar refractivity (Wildman–Crippen MR) is 63.5 cm³/mol. The van der Waals surface area contributed by atoms with E-state index >= 15 is 0 Å². The van der Waals surface area contributed by atoms with Crippen LogP contribution in [-0.2, 0) is 4.79 Å². The molecule has 0 unspecified atom stereocenters. The van der Waals surface area contributed by atoms with Crippen molar-refractivity contribution >= 4 is 23.5 Å². The lowest BCUT2D eigenvalue weighted by atomic mass is 10.4. The Labute approximate surface area is 98.9 Å². The number of aryl methyl sites for hydroxylation is 1. The van der Waals surface area contributed by atoms with Gasteiger partial charge in [-0.3, -0.25) is 10.1 Å². The summed E-state index contributed by atoms with van der Waals surface area (Å²) in [5.74, 6) is -0.00100. The van der Waals surface area contributed by atoms with Crippen molar-refractivity contribution in [2.24, 2.45) is 0 Å². The van der Waals surface area contributed by atoms with Crippen LogP contribution in [0.1, 0.15) is 5.69 Å². The number of carbonyl (C=O) groups excluding carboxylic acids is 1. The third-order valence-electron chi connectivity index (χ3n) is 1.65. The molecular formula is C10H13ClN4O. The number of amides is 1. The third-order valence-corrected chi connectivity index (χ3v) is 1.84. The molecule has 1 aromatic heterocycles. The Morgan fingerprint density at radius 3 is 3.00 bits per heavy atom. The first-order valence-corrected chi connectivity index (χ1v) is 5.12. The van der Waals surface area contributed by atoms with Crippen molar-refractivity contribution in [3.05, 3.63) is 29.6 Å². The maximum atomic E-state index is 11.4. The molecule has 0 fully saturated rings. The van der Waals surface area contributed by atoms with Crippen LogP contribution < -0.4 is 10.6 Å². The summed E-state index contributed by atoms with van der Waals surface area (Å²) in [7, 11) is 0. The topological polar surface area (TPSA) is 66.9 Å². The fraction of sp³-hybridized carbons (Fsp3) is 0.300. The number of halogens is 1. The van der Waals surface area contributed by atoms with Crippen LogP contribution in [0.2, 0.25) is 5.15 Å². The molecule has 0 aliphatic heterocycles. The molecule has 1 amide bonds. The van der Waals surface area contributed by atoms with Gasteiger partial charge in [-0.05, 0) is 13.0 Å². The zero-order valence-corrected chi connectivity index (χ0v) is 9.71. The smallest absolute Gasteiger partial charge is 0.240 e. The van der Waals surface area contributed by atoms with E-state index in [2.05, 4.69) is 27.2 Å². The van der Waals surface area contributed by atoms with E-state index in [1.54, 1.807) is 19.1 Å². The van der Waals surface area contributed by atoms with Crippen molar-refractivity contribution in [1.82, 2.24) is 15.3 Å². The maximum Gasteiger partial charge on any atom is 0.240 e. The van der Waals surface area contributed by atoms with Crippen molar-refractivity contribution in [1.29, 1.82) is 0 Å². The van der Waals surface area contributed by atoms with E-state index < -0.39 is 0 Å². The quantitative estimate of drug-likeness (QED) is 0.460. The van der Waals surface area contributed by atoms with E-state index in [9.17, 15) is 4.79 Å². The van der Waals surface area contributed by atoms with Crippen LogP contribution in [-0.4, -0.2) is 29.0 Å². The van der Waals surface area contributed by atoms with E-state index in [4.69, 9.17) is 11.6 Å². The molecule has 0 aromatic carbocycles. The van der Waals surface area contributed by atoms with Crippen molar-refractivity contribution in [2.45, 2.75) is 6.92 Å². The fourth-order valence-electron chi connectivity index (χ4n) is 1.04. The van der Waals surface area contributed by atoms with Gasteiger partial charge in [0.25, 0.3) is 0 Å². The highest BCUT2D eigenvalue weighted by molar-refractivity contribution is 6.29. The van der Waals surface area contributed by atoms with Crippen LogP contribution in [0, 0.1) is 6.92 Å². The summed E-state index contributed by atoms with van der Waals surface area (Å²) in [4.78, 5) is 19.3. The second kappa shape index (κ2) is 6.19. The second-order valence-electron chi connectivity index (χ2n) is 3.12. The van der Waals surface area contributed by atoms with E-state index in [0.717, 1.165) is 0 Å². The average molecular weight is 241 g/mol. The molecule has 0 saturated carbocycles. The molecule has 0 spiro atoms. The molecule has 1 aromatic rings. The first kappa shape index (κ1) is 12.6. The molecule has 16 heavy (non-hydrogen) atoms. The number of carbonyl (C=O) groups is 1. The van der Waals surface area contributed by atoms with E-state index in [1.165, 1.54) is 0 Å². The second-order valence-corrected chi connectivity index (χ2v) is 3.51. The molecule has 0 bridgehead atoms. The van der Waals surface area contributed by atoms with Gasteiger partial charge in [0.2, 0.25) is 11.9 Å². The number of rotatable bonds is 5. The summed E-state index contributed by atoms with van der Waals surface area (Å²) in [6, 6.07) is 1.62. The zero-order valence-electron chi connectivity index (χ0n) is 8.96. The Kier molecular flexibility index (Phi) is 4.88. The third kappa shape index (κ3) is 4.37. The highest BCUT2D eigenvalue weighted by Gasteiger charge is 2.05. The lowest BCUT2D eigenvalue weighted by molar-refractivity contribution is -0.115. The minimum absolute atomic E-state index is 0.181. The summed E-state index contributed by atoms with van der Waals surface area (Å²) in [5, 5.41) is 5.71. The van der Waals surface area contributed by atoms with Crippen LogP contribution in [0.25, 0.3) is 0 Å². The molecule has 1 rings (SSSR count). The van der Waals surface area contributed by atoms with Gasteiger partial charge in [-0.1, -0.05) is 17.7 Å². The molecule has 0 radical (unpaired) electrons. The largest absolute Gasteiger partial charge is 0.305 e. The van der Waals surface area contributed by atoms with Crippen LogP contribution >= 0.6 is 11.6 Å². The van der Waals surface area contributed by atoms with Gasteiger partial charge < -0.3 is 5.32 Å². The molecule has 0 atom stereocenters. The van der Waals surface area contributed by atoms with Crippen molar-refractivity contribution in [3.8, 4) is 0 Å². The molecular weight excluding hydrogens is 228 g/mol. The minimum Gasteiger partial charge on any atom is -0.305 e. The molecule has 0 aliphatic rings. The lowest BCUT2D eigenvalue weighted by Crippen LogP contribution is -2.28. The SMILES string of the molecule is C=CCNCC(=O)Nc1nc(C)cc(Cl)n1. The zero-order chi connectivity index (χ0) is 12.0. The van der Waals surface area contributed by atoms with Gasteiger partial charge in [0.1, 0.15) is 5.15 Å². The molecule has 2 N–H and O–H groups in total. The van der Waals surface area contributed by atoms with Crippen LogP contribution in [0.5, 0.6) is 0 Å². The molecule has 0 aliphatic carbocycles. The van der Waals surface area contributed by atoms with Gasteiger partial charge in [-0.25, -0.2) is 9.97 Å². The molecule has 0 saturated heterocycles. The average Bonchev–Trinajstić information content (AvgIpc) is 2.16. The van der Waals surface area contributed by atoms with E-state index in [0.29, 0.717) is 17.4 Å². The van der Waals surface area contributed by atoms with Gasteiger partial charge in [0.05, 0.1) is 6.54 Å². The van der Waals surface area contributed by atoms with Crippen LogP contribution in [0.3, 0.4) is 0 Å².